The Bertz CT molecular complexity index is 455. The van der Waals surface area contributed by atoms with E-state index < -0.39 is 0 Å². The van der Waals surface area contributed by atoms with E-state index in [1.165, 1.54) is 0 Å². The summed E-state index contributed by atoms with van der Waals surface area (Å²) in [4.78, 5) is 12.4. The van der Waals surface area contributed by atoms with Crippen molar-refractivity contribution in [3.8, 4) is 0 Å². The number of nitrogens with one attached hydrogen (secondary N) is 1. The fourth-order valence-corrected chi connectivity index (χ4v) is 3.13. The summed E-state index contributed by atoms with van der Waals surface area (Å²) in [5.74, 6) is 0.150. The van der Waals surface area contributed by atoms with Crippen LogP contribution in [0.2, 0.25) is 5.02 Å². The fraction of sp³-hybridized carbons (Fsp3) is 0.500. The number of anilines is 1. The predicted molar refractivity (Wildman–Crippen MR) is 79.0 cm³/mol. The molecule has 0 radical (unpaired) electrons. The summed E-state index contributed by atoms with van der Waals surface area (Å²) in [6.07, 6.45) is 5.24. The van der Waals surface area contributed by atoms with Gasteiger partial charge in [-0.1, -0.05) is 31.4 Å². The first kappa shape index (κ1) is 13.9. The maximum absolute atomic E-state index is 12.4. The third-order valence-corrected chi connectivity index (χ3v) is 5.11. The number of hydrogen-bond donors (Lipinski definition) is 1. The van der Waals surface area contributed by atoms with Gasteiger partial charge in [0.15, 0.2) is 0 Å². The Kier molecular flexibility index (Phi) is 4.33. The van der Waals surface area contributed by atoms with Crippen LogP contribution in [0.4, 0.5) is 5.69 Å². The highest BCUT2D eigenvalue weighted by Gasteiger charge is 2.39. The average Bonchev–Trinajstić information content (AvgIpc) is 2.84. The van der Waals surface area contributed by atoms with E-state index in [4.69, 9.17) is 11.6 Å². The molecule has 18 heavy (non-hydrogen) atoms. The number of benzene rings is 1. The van der Waals surface area contributed by atoms with Crippen molar-refractivity contribution in [3.05, 3.63) is 27.7 Å². The number of carbonyl (C=O) groups is 1. The van der Waals surface area contributed by atoms with Crippen molar-refractivity contribution in [2.75, 3.05) is 5.32 Å². The van der Waals surface area contributed by atoms with E-state index in [9.17, 15) is 4.79 Å². The van der Waals surface area contributed by atoms with Crippen LogP contribution in [0.25, 0.3) is 0 Å². The van der Waals surface area contributed by atoms with Crippen molar-refractivity contribution in [3.63, 3.8) is 0 Å². The van der Waals surface area contributed by atoms with Gasteiger partial charge in [0.05, 0.1) is 5.02 Å². The number of halogens is 2. The first-order chi connectivity index (χ1) is 8.57. The smallest absolute Gasteiger partial charge is 0.230 e. The minimum Gasteiger partial charge on any atom is -0.326 e. The van der Waals surface area contributed by atoms with Crippen LogP contribution in [-0.4, -0.2) is 5.91 Å². The molecule has 1 fully saturated rings. The Morgan fingerprint density at radius 2 is 2.11 bits per heavy atom. The number of carbonyl (C=O) groups excluding carboxylic acids is 1. The summed E-state index contributed by atoms with van der Waals surface area (Å²) in [7, 11) is 0. The van der Waals surface area contributed by atoms with Gasteiger partial charge >= 0.3 is 0 Å². The van der Waals surface area contributed by atoms with Gasteiger partial charge in [0, 0.05) is 15.6 Å². The fourth-order valence-electron chi connectivity index (χ4n) is 2.63. The van der Waals surface area contributed by atoms with Crippen LogP contribution in [0, 0.1) is 5.41 Å². The highest BCUT2D eigenvalue weighted by Crippen LogP contribution is 2.42. The van der Waals surface area contributed by atoms with Crippen molar-refractivity contribution < 1.29 is 4.79 Å². The molecule has 0 aromatic heterocycles. The second-order valence-electron chi connectivity index (χ2n) is 4.92. The lowest BCUT2D eigenvalue weighted by atomic mass is 9.82. The van der Waals surface area contributed by atoms with Gasteiger partial charge in [0.25, 0.3) is 0 Å². The van der Waals surface area contributed by atoms with Crippen molar-refractivity contribution in [2.45, 2.75) is 39.0 Å². The van der Waals surface area contributed by atoms with Gasteiger partial charge in [-0.2, -0.15) is 0 Å². The maximum atomic E-state index is 12.4. The van der Waals surface area contributed by atoms with Crippen LogP contribution in [0.5, 0.6) is 0 Å². The molecule has 0 saturated heterocycles. The highest BCUT2D eigenvalue weighted by atomic mass is 79.9. The zero-order valence-corrected chi connectivity index (χ0v) is 12.8. The average molecular weight is 331 g/mol. The van der Waals surface area contributed by atoms with E-state index in [0.29, 0.717) is 5.02 Å². The minimum atomic E-state index is -0.161. The summed E-state index contributed by atoms with van der Waals surface area (Å²) >= 11 is 9.31. The molecule has 4 heteroatoms. The summed E-state index contributed by atoms with van der Waals surface area (Å²) in [5.41, 5.74) is 0.641. The largest absolute Gasteiger partial charge is 0.326 e. The second kappa shape index (κ2) is 5.62. The van der Waals surface area contributed by atoms with Gasteiger partial charge in [0.1, 0.15) is 0 Å². The molecule has 1 saturated carbocycles. The Labute approximate surface area is 121 Å². The Morgan fingerprint density at radius 1 is 1.44 bits per heavy atom. The third kappa shape index (κ3) is 2.72. The first-order valence-electron chi connectivity index (χ1n) is 6.34. The molecular weight excluding hydrogens is 314 g/mol. The minimum absolute atomic E-state index is 0.150. The standard InChI is InChI=1S/C14H17BrClNO/c1-2-14(7-3-4-8-14)13(18)17-10-5-6-12(16)11(15)9-10/h5-6,9H,2-4,7-8H2,1H3,(H,17,18). The molecule has 0 heterocycles. The molecule has 0 aliphatic heterocycles. The number of rotatable bonds is 3. The molecule has 2 nitrogen and oxygen atoms in total. The lowest BCUT2D eigenvalue weighted by molar-refractivity contribution is -0.125. The Hall–Kier alpha value is -0.540. The summed E-state index contributed by atoms with van der Waals surface area (Å²) in [6.45, 7) is 2.10. The molecule has 0 atom stereocenters. The van der Waals surface area contributed by atoms with Crippen molar-refractivity contribution >= 4 is 39.1 Å². The first-order valence-corrected chi connectivity index (χ1v) is 7.51. The molecule has 1 aromatic rings. The summed E-state index contributed by atoms with van der Waals surface area (Å²) in [5, 5.41) is 3.67. The van der Waals surface area contributed by atoms with Gasteiger partial charge in [-0.3, -0.25) is 4.79 Å². The molecule has 0 unspecified atom stereocenters. The van der Waals surface area contributed by atoms with Gasteiger partial charge in [-0.15, -0.1) is 0 Å². The maximum Gasteiger partial charge on any atom is 0.230 e. The zero-order valence-electron chi connectivity index (χ0n) is 10.4. The van der Waals surface area contributed by atoms with Crippen LogP contribution in [0.1, 0.15) is 39.0 Å². The van der Waals surface area contributed by atoms with E-state index in [2.05, 4.69) is 28.2 Å². The third-order valence-electron chi connectivity index (χ3n) is 3.90. The SMILES string of the molecule is CCC1(C(=O)Nc2ccc(Cl)c(Br)c2)CCCC1. The van der Waals surface area contributed by atoms with E-state index in [1.54, 1.807) is 6.07 Å². The predicted octanol–water partition coefficient (Wildman–Crippen LogP) is 5.01. The van der Waals surface area contributed by atoms with Crippen LogP contribution in [0.15, 0.2) is 22.7 Å². The topological polar surface area (TPSA) is 29.1 Å². The Morgan fingerprint density at radius 3 is 2.67 bits per heavy atom. The Balaban J connectivity index is 2.13. The van der Waals surface area contributed by atoms with Crippen molar-refractivity contribution in [1.82, 2.24) is 0 Å². The highest BCUT2D eigenvalue weighted by molar-refractivity contribution is 9.10. The van der Waals surface area contributed by atoms with Crippen LogP contribution in [-0.2, 0) is 4.79 Å². The van der Waals surface area contributed by atoms with Gasteiger partial charge in [0.2, 0.25) is 5.91 Å². The van der Waals surface area contributed by atoms with Gasteiger partial charge < -0.3 is 5.32 Å². The molecule has 2 rings (SSSR count). The molecule has 1 aromatic carbocycles. The second-order valence-corrected chi connectivity index (χ2v) is 6.19. The van der Waals surface area contributed by atoms with Gasteiger partial charge in [-0.25, -0.2) is 0 Å². The molecule has 98 valence electrons. The molecule has 1 N–H and O–H groups in total. The molecule has 1 aliphatic carbocycles. The van der Waals surface area contributed by atoms with Crippen LogP contribution >= 0.6 is 27.5 Å². The van der Waals surface area contributed by atoms with Crippen molar-refractivity contribution in [2.24, 2.45) is 5.41 Å². The van der Waals surface area contributed by atoms with E-state index in [1.807, 2.05) is 12.1 Å². The molecular formula is C14H17BrClNO. The van der Waals surface area contributed by atoms with E-state index in [0.717, 1.165) is 42.3 Å². The summed E-state index contributed by atoms with van der Waals surface area (Å²) in [6, 6.07) is 5.47. The molecule has 1 aliphatic rings. The lowest BCUT2D eigenvalue weighted by Gasteiger charge is -2.26. The molecule has 0 spiro atoms. The van der Waals surface area contributed by atoms with E-state index >= 15 is 0 Å². The quantitative estimate of drug-likeness (QED) is 0.829. The van der Waals surface area contributed by atoms with E-state index in [-0.39, 0.29) is 11.3 Å². The zero-order chi connectivity index (χ0) is 13.2. The molecule has 0 bridgehead atoms. The summed E-state index contributed by atoms with van der Waals surface area (Å²) < 4.78 is 0.805. The monoisotopic (exact) mass is 329 g/mol. The van der Waals surface area contributed by atoms with Crippen LogP contribution in [0.3, 0.4) is 0 Å². The van der Waals surface area contributed by atoms with Crippen LogP contribution < -0.4 is 5.32 Å². The normalized spacial score (nSPS) is 17.7. The number of amides is 1. The van der Waals surface area contributed by atoms with Crippen molar-refractivity contribution in [1.29, 1.82) is 0 Å². The molecule has 1 amide bonds. The number of hydrogen-bond acceptors (Lipinski definition) is 1. The van der Waals surface area contributed by atoms with Gasteiger partial charge in [-0.05, 0) is 53.4 Å². The lowest BCUT2D eigenvalue weighted by Crippen LogP contribution is -2.33.